The molecular formula is C22H24N4O. The Morgan fingerprint density at radius 3 is 2.93 bits per heavy atom. The molecule has 1 saturated carbocycles. The Hall–Kier alpha value is -2.61. The second kappa shape index (κ2) is 5.95. The SMILES string of the molecule is N#C/C(C(N)=O)=c1/ccc2c(c1)N1C3=C(CCCC3)C[C@H]3CCCC[C@]31N=2. The first-order valence-electron chi connectivity index (χ1n) is 10.1. The molecule has 0 radical (unpaired) electrons. The molecule has 1 spiro atoms. The van der Waals surface area contributed by atoms with Crippen LogP contribution in [0, 0.1) is 17.2 Å². The molecule has 0 bridgehead atoms. The summed E-state index contributed by atoms with van der Waals surface area (Å²) in [5, 5.41) is 11.0. The number of rotatable bonds is 1. The van der Waals surface area contributed by atoms with Crippen molar-refractivity contribution in [1.82, 2.24) is 0 Å². The van der Waals surface area contributed by atoms with Crippen LogP contribution < -0.4 is 21.2 Å². The number of benzene rings is 1. The molecule has 0 saturated heterocycles. The van der Waals surface area contributed by atoms with Crippen LogP contribution in [0.25, 0.3) is 5.57 Å². The monoisotopic (exact) mass is 360 g/mol. The molecule has 2 aliphatic heterocycles. The number of fused-ring (bicyclic) bond motifs is 3. The number of carbonyl (C=O) groups is 1. The van der Waals surface area contributed by atoms with Crippen molar-refractivity contribution in [3.05, 3.63) is 40.0 Å². The predicted octanol–water partition coefficient (Wildman–Crippen LogP) is 2.40. The summed E-state index contributed by atoms with van der Waals surface area (Å²) in [5.74, 6) is -0.108. The minimum absolute atomic E-state index is 0.0220. The van der Waals surface area contributed by atoms with Gasteiger partial charge in [-0.25, -0.2) is 0 Å². The van der Waals surface area contributed by atoms with Crippen molar-refractivity contribution in [2.75, 3.05) is 4.90 Å². The van der Waals surface area contributed by atoms with Crippen LogP contribution in [0.5, 0.6) is 0 Å². The van der Waals surface area contributed by atoms with Gasteiger partial charge in [-0.1, -0.05) is 18.1 Å². The number of amides is 1. The number of hydrogen-bond acceptors (Lipinski definition) is 4. The van der Waals surface area contributed by atoms with Crippen LogP contribution in [0.1, 0.15) is 57.8 Å². The van der Waals surface area contributed by atoms with Gasteiger partial charge in [0.15, 0.2) is 0 Å². The third-order valence-electron chi connectivity index (χ3n) is 6.88. The lowest BCUT2D eigenvalue weighted by Crippen LogP contribution is -2.55. The van der Waals surface area contributed by atoms with E-state index in [-0.39, 0.29) is 11.2 Å². The van der Waals surface area contributed by atoms with Crippen LogP contribution in [0.2, 0.25) is 0 Å². The van der Waals surface area contributed by atoms with Crippen LogP contribution >= 0.6 is 0 Å². The average Bonchev–Trinajstić information content (AvgIpc) is 3.00. The zero-order valence-corrected chi connectivity index (χ0v) is 15.5. The molecule has 0 aromatic heterocycles. The van der Waals surface area contributed by atoms with Gasteiger partial charge in [0, 0.05) is 16.8 Å². The zero-order valence-electron chi connectivity index (χ0n) is 15.5. The molecule has 5 heteroatoms. The van der Waals surface area contributed by atoms with Crippen molar-refractivity contribution >= 4 is 17.2 Å². The molecule has 2 N–H and O–H groups in total. The molecule has 0 unspecified atom stereocenters. The van der Waals surface area contributed by atoms with Gasteiger partial charge in [-0.15, -0.1) is 0 Å². The standard InChI is InChI=1S/C22H24N4O/c23-13-17(21(24)27)14-8-9-18-20(12-14)26-19-7-2-1-5-15(19)11-16-6-3-4-10-22(16,26)25-18/h8-9,12,16H,1-7,10-11H2,(H2,24,27)/b17-14+/t16-,22-/m1/s1. The second-order valence-corrected chi connectivity index (χ2v) is 8.28. The molecule has 4 aliphatic rings. The number of nitrogens with two attached hydrogens (primary N) is 1. The summed E-state index contributed by atoms with van der Waals surface area (Å²) < 4.78 is 0. The average molecular weight is 360 g/mol. The van der Waals surface area contributed by atoms with Crippen molar-refractivity contribution in [3.63, 3.8) is 0 Å². The van der Waals surface area contributed by atoms with Crippen molar-refractivity contribution in [1.29, 1.82) is 5.26 Å². The molecule has 2 atom stereocenters. The molecule has 1 fully saturated rings. The van der Waals surface area contributed by atoms with E-state index in [0.29, 0.717) is 11.1 Å². The maximum atomic E-state index is 11.7. The maximum Gasteiger partial charge on any atom is 0.259 e. The quantitative estimate of drug-likeness (QED) is 0.835. The summed E-state index contributed by atoms with van der Waals surface area (Å²) in [6.45, 7) is 0. The molecule has 138 valence electrons. The third kappa shape index (κ3) is 2.29. The molecule has 1 amide bonds. The highest BCUT2D eigenvalue weighted by molar-refractivity contribution is 6.17. The summed E-state index contributed by atoms with van der Waals surface area (Å²) >= 11 is 0. The number of primary amides is 1. The van der Waals surface area contributed by atoms with Crippen molar-refractivity contribution in [2.45, 2.75) is 63.5 Å². The minimum atomic E-state index is -0.672. The fraction of sp³-hybridized carbons (Fsp3) is 0.500. The van der Waals surface area contributed by atoms with Gasteiger partial charge in [0.1, 0.15) is 17.3 Å². The van der Waals surface area contributed by atoms with Crippen LogP contribution in [0.3, 0.4) is 0 Å². The fourth-order valence-electron chi connectivity index (χ4n) is 5.72. The lowest BCUT2D eigenvalue weighted by Gasteiger charge is -2.52. The fourth-order valence-corrected chi connectivity index (χ4v) is 5.72. The Bertz CT molecular complexity index is 1030. The van der Waals surface area contributed by atoms with Crippen LogP contribution in [-0.4, -0.2) is 11.6 Å². The smallest absolute Gasteiger partial charge is 0.259 e. The molecule has 2 heterocycles. The summed E-state index contributed by atoms with van der Waals surface area (Å²) in [7, 11) is 0. The molecule has 1 aromatic carbocycles. The van der Waals surface area contributed by atoms with Gasteiger partial charge >= 0.3 is 0 Å². The number of allylic oxidation sites excluding steroid dienone is 2. The second-order valence-electron chi connectivity index (χ2n) is 8.28. The summed E-state index contributed by atoms with van der Waals surface area (Å²) in [6, 6.07) is 7.72. The van der Waals surface area contributed by atoms with Crippen LogP contribution in [0.4, 0.5) is 5.69 Å². The van der Waals surface area contributed by atoms with E-state index in [1.807, 2.05) is 24.3 Å². The molecule has 27 heavy (non-hydrogen) atoms. The predicted molar refractivity (Wildman–Crippen MR) is 103 cm³/mol. The van der Waals surface area contributed by atoms with Crippen LogP contribution in [0.15, 0.2) is 34.5 Å². The zero-order chi connectivity index (χ0) is 18.6. The van der Waals surface area contributed by atoms with Gasteiger partial charge in [-0.3, -0.25) is 9.79 Å². The molecule has 1 aromatic rings. The first-order valence-corrected chi connectivity index (χ1v) is 10.1. The van der Waals surface area contributed by atoms with Gasteiger partial charge in [-0.05, 0) is 63.5 Å². The Morgan fingerprint density at radius 2 is 2.11 bits per heavy atom. The number of nitriles is 1. The lowest BCUT2D eigenvalue weighted by molar-refractivity contribution is -0.112. The van der Waals surface area contributed by atoms with Crippen LogP contribution in [-0.2, 0) is 4.79 Å². The number of hydrogen-bond donors (Lipinski definition) is 1. The molecular weight excluding hydrogens is 336 g/mol. The Balaban J connectivity index is 1.76. The van der Waals surface area contributed by atoms with Crippen molar-refractivity contribution < 1.29 is 4.79 Å². The van der Waals surface area contributed by atoms with E-state index in [1.165, 1.54) is 50.6 Å². The van der Waals surface area contributed by atoms with E-state index in [2.05, 4.69) is 4.90 Å². The lowest BCUT2D eigenvalue weighted by atomic mass is 9.70. The van der Waals surface area contributed by atoms with Gasteiger partial charge in [-0.2, -0.15) is 5.26 Å². The van der Waals surface area contributed by atoms with Crippen molar-refractivity contribution in [2.24, 2.45) is 16.6 Å². The Labute approximate surface area is 158 Å². The van der Waals surface area contributed by atoms with E-state index >= 15 is 0 Å². The molecule has 5 rings (SSSR count). The topological polar surface area (TPSA) is 82.5 Å². The van der Waals surface area contributed by atoms with E-state index in [9.17, 15) is 10.1 Å². The highest BCUT2D eigenvalue weighted by atomic mass is 16.1. The first kappa shape index (κ1) is 16.6. The number of nitrogens with zero attached hydrogens (tertiary/aromatic N) is 3. The number of anilines is 1. The molecule has 2 aliphatic carbocycles. The highest BCUT2D eigenvalue weighted by Gasteiger charge is 2.53. The van der Waals surface area contributed by atoms with E-state index in [0.717, 1.165) is 23.9 Å². The van der Waals surface area contributed by atoms with E-state index < -0.39 is 5.91 Å². The van der Waals surface area contributed by atoms with Gasteiger partial charge in [0.2, 0.25) is 0 Å². The third-order valence-corrected chi connectivity index (χ3v) is 6.88. The number of carbonyl (C=O) groups excluding carboxylic acids is 1. The summed E-state index contributed by atoms with van der Waals surface area (Å²) in [4.78, 5) is 19.5. The van der Waals surface area contributed by atoms with Crippen molar-refractivity contribution in [3.8, 4) is 6.07 Å². The minimum Gasteiger partial charge on any atom is -0.365 e. The van der Waals surface area contributed by atoms with E-state index in [1.54, 1.807) is 5.57 Å². The maximum absolute atomic E-state index is 11.7. The summed E-state index contributed by atoms with van der Waals surface area (Å²) in [6.07, 6.45) is 10.8. The first-order chi connectivity index (χ1) is 13.1. The van der Waals surface area contributed by atoms with Gasteiger partial charge in [0.05, 0.1) is 11.0 Å². The molecule has 5 nitrogen and oxygen atoms in total. The normalized spacial score (nSPS) is 29.6. The van der Waals surface area contributed by atoms with Gasteiger partial charge in [0.25, 0.3) is 5.91 Å². The Morgan fingerprint density at radius 1 is 1.26 bits per heavy atom. The largest absolute Gasteiger partial charge is 0.365 e. The van der Waals surface area contributed by atoms with E-state index in [4.69, 9.17) is 10.7 Å². The highest BCUT2D eigenvalue weighted by Crippen LogP contribution is 2.53. The van der Waals surface area contributed by atoms with Gasteiger partial charge < -0.3 is 10.6 Å². The Kier molecular flexibility index (Phi) is 3.65. The summed E-state index contributed by atoms with van der Waals surface area (Å²) in [5.41, 5.74) is 9.41.